The molecule has 0 spiro atoms. The Kier molecular flexibility index (Phi) is 5.23. The minimum Gasteiger partial charge on any atom is -0.332 e. The van der Waals surface area contributed by atoms with E-state index in [9.17, 15) is 8.78 Å². The normalized spacial score (nSPS) is 18.9. The van der Waals surface area contributed by atoms with Crippen molar-refractivity contribution in [2.45, 2.75) is 32.4 Å². The van der Waals surface area contributed by atoms with E-state index in [1.165, 1.54) is 12.1 Å². The van der Waals surface area contributed by atoms with Crippen LogP contribution < -0.4 is 0 Å². The quantitative estimate of drug-likeness (QED) is 0.589. The van der Waals surface area contributed by atoms with Crippen molar-refractivity contribution in [1.82, 2.24) is 20.0 Å². The second kappa shape index (κ2) is 8.19. The Labute approximate surface area is 179 Å². The van der Waals surface area contributed by atoms with Gasteiger partial charge in [0, 0.05) is 30.6 Å². The molecule has 2 aliphatic rings. The topological polar surface area (TPSA) is 57.8 Å². The number of rotatable bonds is 6. The molecule has 2 aliphatic heterocycles. The molecule has 6 nitrogen and oxygen atoms in total. The summed E-state index contributed by atoms with van der Waals surface area (Å²) >= 11 is 0. The lowest BCUT2D eigenvalue weighted by Gasteiger charge is -2.30. The summed E-state index contributed by atoms with van der Waals surface area (Å²) in [6.07, 6.45) is 1.69. The molecule has 0 amide bonds. The number of aromatic nitrogens is 2. The summed E-state index contributed by atoms with van der Waals surface area (Å²) in [6, 6.07) is 12.8. The fraction of sp³-hybridized carbons (Fsp3) is 0.348. The highest BCUT2D eigenvalue weighted by Crippen LogP contribution is 2.32. The van der Waals surface area contributed by atoms with Crippen molar-refractivity contribution in [3.63, 3.8) is 0 Å². The molecule has 8 heteroatoms. The van der Waals surface area contributed by atoms with Crippen LogP contribution in [0.4, 0.5) is 8.78 Å². The third kappa shape index (κ3) is 3.83. The van der Waals surface area contributed by atoms with Gasteiger partial charge in [-0.15, -0.1) is 0 Å². The molecule has 1 unspecified atom stereocenters. The lowest BCUT2D eigenvalue weighted by molar-refractivity contribution is 0.168. The molecule has 1 aromatic heterocycles. The van der Waals surface area contributed by atoms with E-state index >= 15 is 0 Å². The van der Waals surface area contributed by atoms with Gasteiger partial charge in [0.1, 0.15) is 17.3 Å². The first-order chi connectivity index (χ1) is 15.1. The second-order valence-electron chi connectivity index (χ2n) is 7.90. The number of hydrogen-bond acceptors (Lipinski definition) is 6. The molecule has 3 heterocycles. The van der Waals surface area contributed by atoms with Crippen molar-refractivity contribution in [2.75, 3.05) is 19.6 Å². The number of likely N-dealkylation sites (tertiary alicyclic amines) is 1. The molecule has 0 radical (unpaired) electrons. The molecule has 1 atom stereocenters. The molecule has 5 rings (SSSR count). The van der Waals surface area contributed by atoms with Crippen LogP contribution in [0.1, 0.15) is 42.8 Å². The van der Waals surface area contributed by atoms with Crippen LogP contribution >= 0.6 is 0 Å². The average molecular weight is 423 g/mol. The fourth-order valence-electron chi connectivity index (χ4n) is 4.04. The second-order valence-corrected chi connectivity index (χ2v) is 7.90. The molecule has 0 bridgehead atoms. The van der Waals surface area contributed by atoms with Gasteiger partial charge >= 0.3 is 0 Å². The van der Waals surface area contributed by atoms with Crippen LogP contribution in [0.25, 0.3) is 11.4 Å². The van der Waals surface area contributed by atoms with Crippen molar-refractivity contribution in [2.24, 2.45) is 5.10 Å². The zero-order valence-corrected chi connectivity index (χ0v) is 17.3. The predicted molar refractivity (Wildman–Crippen MR) is 112 cm³/mol. The number of hydrazone groups is 1. The van der Waals surface area contributed by atoms with E-state index < -0.39 is 11.6 Å². The molecule has 0 N–H and O–H groups in total. The van der Waals surface area contributed by atoms with Gasteiger partial charge in [-0.3, -0.25) is 9.91 Å². The van der Waals surface area contributed by atoms with Gasteiger partial charge in [0.25, 0.3) is 5.89 Å². The summed E-state index contributed by atoms with van der Waals surface area (Å²) < 4.78 is 34.6. The summed E-state index contributed by atoms with van der Waals surface area (Å²) in [6.45, 7) is 4.79. The maximum absolute atomic E-state index is 14.6. The molecule has 160 valence electrons. The Bertz CT molecular complexity index is 1090. The molecule has 1 fully saturated rings. The van der Waals surface area contributed by atoms with Gasteiger partial charge in [0.05, 0.1) is 6.04 Å². The van der Waals surface area contributed by atoms with Crippen LogP contribution in [0.5, 0.6) is 0 Å². The first-order valence-corrected chi connectivity index (χ1v) is 10.6. The van der Waals surface area contributed by atoms with Crippen LogP contribution in [0.15, 0.2) is 52.1 Å². The Hall–Kier alpha value is -3.13. The first-order valence-electron chi connectivity index (χ1n) is 10.6. The van der Waals surface area contributed by atoms with Gasteiger partial charge in [0.15, 0.2) is 0 Å². The standard InChI is InChI=1S/C23H23F2N5O/c1-2-30-21(15-7-4-3-5-8-15)13-20(27-30)23-26-22(28-31-23)16-11-18(24)17(19(25)12-16)14-29-9-6-10-29/h3-5,7-8,11-12,21H,2,6,9-10,13-14H2,1H3. The minimum absolute atomic E-state index is 0.0802. The summed E-state index contributed by atoms with van der Waals surface area (Å²) in [5.41, 5.74) is 2.16. The number of hydrogen-bond donors (Lipinski definition) is 0. The van der Waals surface area contributed by atoms with E-state index in [4.69, 9.17) is 4.52 Å². The van der Waals surface area contributed by atoms with Crippen LogP contribution in [0.3, 0.4) is 0 Å². The highest BCUT2D eigenvalue weighted by Gasteiger charge is 2.31. The van der Waals surface area contributed by atoms with E-state index in [1.807, 2.05) is 35.0 Å². The van der Waals surface area contributed by atoms with Crippen LogP contribution in [0.2, 0.25) is 0 Å². The Morgan fingerprint density at radius 1 is 1.10 bits per heavy atom. The van der Waals surface area contributed by atoms with E-state index in [-0.39, 0.29) is 35.4 Å². The number of benzene rings is 2. The average Bonchev–Trinajstić information content (AvgIpc) is 3.39. The molecule has 0 aliphatic carbocycles. The number of nitrogens with zero attached hydrogens (tertiary/aromatic N) is 5. The zero-order valence-electron chi connectivity index (χ0n) is 17.3. The number of halogens is 2. The van der Waals surface area contributed by atoms with Crippen LogP contribution in [0, 0.1) is 11.6 Å². The van der Waals surface area contributed by atoms with Gasteiger partial charge in [-0.2, -0.15) is 10.1 Å². The third-order valence-corrected chi connectivity index (χ3v) is 5.91. The Morgan fingerprint density at radius 3 is 2.48 bits per heavy atom. The monoisotopic (exact) mass is 423 g/mol. The van der Waals surface area contributed by atoms with E-state index in [2.05, 4.69) is 27.4 Å². The summed E-state index contributed by atoms with van der Waals surface area (Å²) in [7, 11) is 0. The van der Waals surface area contributed by atoms with E-state index in [0.29, 0.717) is 12.1 Å². The smallest absolute Gasteiger partial charge is 0.274 e. The molecular formula is C23H23F2N5O. The molecular weight excluding hydrogens is 400 g/mol. The highest BCUT2D eigenvalue weighted by atomic mass is 19.1. The summed E-state index contributed by atoms with van der Waals surface area (Å²) in [4.78, 5) is 6.39. The summed E-state index contributed by atoms with van der Waals surface area (Å²) in [5.74, 6) is -0.755. The SMILES string of the molecule is CCN1N=C(c2nc(-c3cc(F)c(CN4CCC4)c(F)c3)no2)CC1c1ccccc1. The Balaban J connectivity index is 1.38. The van der Waals surface area contributed by atoms with Crippen LogP contribution in [-0.2, 0) is 6.54 Å². The first kappa shape index (κ1) is 19.8. The molecule has 1 saturated heterocycles. The fourth-order valence-corrected chi connectivity index (χ4v) is 4.04. The minimum atomic E-state index is -0.590. The maximum Gasteiger partial charge on any atom is 0.274 e. The lowest BCUT2D eigenvalue weighted by atomic mass is 10.0. The lowest BCUT2D eigenvalue weighted by Crippen LogP contribution is -2.36. The van der Waals surface area contributed by atoms with Gasteiger partial charge in [-0.1, -0.05) is 35.5 Å². The van der Waals surface area contributed by atoms with Gasteiger partial charge in [0.2, 0.25) is 5.82 Å². The summed E-state index contributed by atoms with van der Waals surface area (Å²) in [5, 5.41) is 10.6. The van der Waals surface area contributed by atoms with E-state index in [0.717, 1.165) is 31.6 Å². The zero-order chi connectivity index (χ0) is 21.4. The van der Waals surface area contributed by atoms with Gasteiger partial charge in [-0.05, 0) is 44.1 Å². The van der Waals surface area contributed by atoms with Gasteiger partial charge in [-0.25, -0.2) is 8.78 Å². The molecule has 2 aromatic carbocycles. The molecule has 3 aromatic rings. The molecule has 0 saturated carbocycles. The maximum atomic E-state index is 14.6. The van der Waals surface area contributed by atoms with Crippen molar-refractivity contribution < 1.29 is 13.3 Å². The predicted octanol–water partition coefficient (Wildman–Crippen LogP) is 4.39. The highest BCUT2D eigenvalue weighted by molar-refractivity contribution is 5.98. The van der Waals surface area contributed by atoms with Gasteiger partial charge < -0.3 is 4.52 Å². The van der Waals surface area contributed by atoms with Crippen LogP contribution in [-0.4, -0.2) is 45.4 Å². The van der Waals surface area contributed by atoms with E-state index in [1.54, 1.807) is 0 Å². The van der Waals surface area contributed by atoms with Crippen molar-refractivity contribution >= 4 is 5.71 Å². The van der Waals surface area contributed by atoms with Crippen molar-refractivity contribution in [1.29, 1.82) is 0 Å². The molecule has 31 heavy (non-hydrogen) atoms. The third-order valence-electron chi connectivity index (χ3n) is 5.91. The van der Waals surface area contributed by atoms with Crippen molar-refractivity contribution in [3.8, 4) is 11.4 Å². The van der Waals surface area contributed by atoms with Crippen molar-refractivity contribution in [3.05, 3.63) is 71.1 Å². The Morgan fingerprint density at radius 2 is 1.84 bits per heavy atom. The largest absolute Gasteiger partial charge is 0.332 e.